The van der Waals surface area contributed by atoms with Crippen molar-refractivity contribution in [3.8, 4) is 17.4 Å². The Labute approximate surface area is 132 Å². The second kappa shape index (κ2) is 7.43. The van der Waals surface area contributed by atoms with Crippen LogP contribution in [0.25, 0.3) is 0 Å². The Morgan fingerprint density at radius 3 is 2.67 bits per heavy atom. The first-order valence-electron chi connectivity index (χ1n) is 6.78. The number of aromatic nitrogens is 1. The smallest absolute Gasteiger partial charge is 0.219 e. The van der Waals surface area contributed by atoms with E-state index in [2.05, 4.69) is 27.8 Å². The van der Waals surface area contributed by atoms with Gasteiger partial charge in [-0.15, -0.1) is 0 Å². The molecule has 0 fully saturated rings. The lowest BCUT2D eigenvalue weighted by molar-refractivity contribution is 0.280. The average Bonchev–Trinajstić information content (AvgIpc) is 2.49. The quantitative estimate of drug-likeness (QED) is 0.851. The number of aryl methyl sites for hydroxylation is 1. The van der Waals surface area contributed by atoms with E-state index < -0.39 is 0 Å². The first-order chi connectivity index (χ1) is 10.2. The van der Waals surface area contributed by atoms with Crippen LogP contribution in [0.1, 0.15) is 24.6 Å². The number of nitrogens with zero attached hydrogens (tertiary/aromatic N) is 1. The molecule has 0 bridgehead atoms. The summed E-state index contributed by atoms with van der Waals surface area (Å²) < 4.78 is 11.8. The maximum Gasteiger partial charge on any atom is 0.219 e. The molecule has 0 unspecified atom stereocenters. The predicted molar refractivity (Wildman–Crippen MR) is 84.9 cm³/mol. The first-order valence-corrected chi connectivity index (χ1v) is 7.57. The molecule has 1 aromatic carbocycles. The van der Waals surface area contributed by atoms with E-state index in [0.29, 0.717) is 11.6 Å². The van der Waals surface area contributed by atoms with Gasteiger partial charge in [-0.3, -0.25) is 0 Å². The number of aliphatic hydroxyl groups is 1. The molecule has 1 aromatic heterocycles. The largest absolute Gasteiger partial charge is 0.497 e. The molecule has 0 aliphatic carbocycles. The van der Waals surface area contributed by atoms with E-state index in [1.165, 1.54) is 0 Å². The molecule has 0 saturated heterocycles. The van der Waals surface area contributed by atoms with Gasteiger partial charge in [-0.2, -0.15) is 0 Å². The van der Waals surface area contributed by atoms with Gasteiger partial charge in [0.1, 0.15) is 11.5 Å². The van der Waals surface area contributed by atoms with Gasteiger partial charge in [0, 0.05) is 11.8 Å². The molecule has 4 nitrogen and oxygen atoms in total. The van der Waals surface area contributed by atoms with Crippen LogP contribution in [-0.4, -0.2) is 17.2 Å². The highest BCUT2D eigenvalue weighted by Crippen LogP contribution is 2.32. The fourth-order valence-electron chi connectivity index (χ4n) is 1.95. The van der Waals surface area contributed by atoms with Crippen LogP contribution < -0.4 is 9.47 Å². The second-order valence-corrected chi connectivity index (χ2v) is 5.47. The van der Waals surface area contributed by atoms with Crippen LogP contribution in [-0.2, 0) is 13.0 Å². The van der Waals surface area contributed by atoms with Crippen molar-refractivity contribution in [2.45, 2.75) is 26.4 Å². The molecular weight excluding hydrogens is 334 g/mol. The second-order valence-electron chi connectivity index (χ2n) is 4.61. The van der Waals surface area contributed by atoms with E-state index in [1.807, 2.05) is 24.3 Å². The van der Waals surface area contributed by atoms with Gasteiger partial charge >= 0.3 is 0 Å². The standard InChI is InChI=1S/C16H18BrNO3/c1-3-4-12-7-11(10-19)8-16(18-12)21-15-6-5-13(20-2)9-14(15)17/h5-9,19H,3-4,10H2,1-2H3. The normalized spacial score (nSPS) is 10.5. The Balaban J connectivity index is 2.27. The van der Waals surface area contributed by atoms with E-state index in [-0.39, 0.29) is 6.61 Å². The molecule has 5 heteroatoms. The third kappa shape index (κ3) is 4.19. The van der Waals surface area contributed by atoms with Crippen LogP contribution >= 0.6 is 15.9 Å². The SMILES string of the molecule is CCCc1cc(CO)cc(Oc2ccc(OC)cc2Br)n1. The van der Waals surface area contributed by atoms with Crippen molar-refractivity contribution in [2.24, 2.45) is 0 Å². The highest BCUT2D eigenvalue weighted by atomic mass is 79.9. The van der Waals surface area contributed by atoms with Crippen molar-refractivity contribution in [1.82, 2.24) is 4.98 Å². The lowest BCUT2D eigenvalue weighted by atomic mass is 10.2. The fourth-order valence-corrected chi connectivity index (χ4v) is 2.39. The molecule has 0 spiro atoms. The molecule has 0 aliphatic heterocycles. The Morgan fingerprint density at radius 1 is 1.24 bits per heavy atom. The van der Waals surface area contributed by atoms with Crippen molar-refractivity contribution in [1.29, 1.82) is 0 Å². The lowest BCUT2D eigenvalue weighted by Gasteiger charge is -2.11. The number of rotatable bonds is 6. The highest BCUT2D eigenvalue weighted by molar-refractivity contribution is 9.10. The Morgan fingerprint density at radius 2 is 2.05 bits per heavy atom. The van der Waals surface area contributed by atoms with Gasteiger partial charge in [-0.05, 0) is 52.2 Å². The number of pyridine rings is 1. The van der Waals surface area contributed by atoms with E-state index >= 15 is 0 Å². The van der Waals surface area contributed by atoms with Gasteiger partial charge < -0.3 is 14.6 Å². The molecule has 112 valence electrons. The molecule has 1 heterocycles. The molecule has 2 aromatic rings. The summed E-state index contributed by atoms with van der Waals surface area (Å²) in [5.41, 5.74) is 1.72. The molecule has 0 amide bonds. The minimum absolute atomic E-state index is 0.0284. The summed E-state index contributed by atoms with van der Waals surface area (Å²) in [5.74, 6) is 1.88. The minimum Gasteiger partial charge on any atom is -0.497 e. The number of aliphatic hydroxyl groups excluding tert-OH is 1. The Kier molecular flexibility index (Phi) is 5.59. The number of halogens is 1. The third-order valence-corrected chi connectivity index (χ3v) is 3.58. The lowest BCUT2D eigenvalue weighted by Crippen LogP contribution is -1.97. The first kappa shape index (κ1) is 15.8. The number of benzene rings is 1. The van der Waals surface area contributed by atoms with E-state index in [4.69, 9.17) is 9.47 Å². The zero-order valence-electron chi connectivity index (χ0n) is 12.1. The molecule has 0 radical (unpaired) electrons. The molecule has 2 rings (SSSR count). The van der Waals surface area contributed by atoms with Crippen molar-refractivity contribution >= 4 is 15.9 Å². The van der Waals surface area contributed by atoms with Gasteiger partial charge in [-0.25, -0.2) is 4.98 Å². The topological polar surface area (TPSA) is 51.6 Å². The summed E-state index contributed by atoms with van der Waals surface area (Å²) in [4.78, 5) is 4.46. The molecular formula is C16H18BrNO3. The summed E-state index contributed by atoms with van der Waals surface area (Å²) in [6.45, 7) is 2.06. The summed E-state index contributed by atoms with van der Waals surface area (Å²) >= 11 is 3.45. The molecule has 0 aliphatic rings. The van der Waals surface area contributed by atoms with Crippen LogP contribution in [0.3, 0.4) is 0 Å². The van der Waals surface area contributed by atoms with Crippen molar-refractivity contribution < 1.29 is 14.6 Å². The van der Waals surface area contributed by atoms with Crippen LogP contribution in [0.15, 0.2) is 34.8 Å². The third-order valence-electron chi connectivity index (χ3n) is 2.96. The molecule has 0 saturated carbocycles. The predicted octanol–water partition coefficient (Wildman–Crippen LogP) is 4.09. The Hall–Kier alpha value is -1.59. The highest BCUT2D eigenvalue weighted by Gasteiger charge is 2.08. The molecule has 21 heavy (non-hydrogen) atoms. The average molecular weight is 352 g/mol. The number of hydrogen-bond acceptors (Lipinski definition) is 4. The zero-order valence-corrected chi connectivity index (χ0v) is 13.7. The van der Waals surface area contributed by atoms with Gasteiger partial charge in [0.05, 0.1) is 18.2 Å². The summed E-state index contributed by atoms with van der Waals surface area (Å²) in [6.07, 6.45) is 1.85. The summed E-state index contributed by atoms with van der Waals surface area (Å²) in [5, 5.41) is 9.33. The van der Waals surface area contributed by atoms with Crippen molar-refractivity contribution in [3.63, 3.8) is 0 Å². The molecule has 0 atom stereocenters. The van der Waals surface area contributed by atoms with Crippen LogP contribution in [0.4, 0.5) is 0 Å². The number of ether oxygens (including phenoxy) is 2. The monoisotopic (exact) mass is 351 g/mol. The van der Waals surface area contributed by atoms with E-state index in [0.717, 1.165) is 34.3 Å². The van der Waals surface area contributed by atoms with Crippen LogP contribution in [0.5, 0.6) is 17.4 Å². The zero-order chi connectivity index (χ0) is 15.2. The van der Waals surface area contributed by atoms with Gasteiger partial charge in [-0.1, -0.05) is 13.3 Å². The van der Waals surface area contributed by atoms with Crippen LogP contribution in [0, 0.1) is 0 Å². The van der Waals surface area contributed by atoms with E-state index in [9.17, 15) is 5.11 Å². The minimum atomic E-state index is -0.0284. The van der Waals surface area contributed by atoms with Crippen LogP contribution in [0.2, 0.25) is 0 Å². The van der Waals surface area contributed by atoms with Crippen molar-refractivity contribution in [3.05, 3.63) is 46.1 Å². The van der Waals surface area contributed by atoms with Gasteiger partial charge in [0.2, 0.25) is 5.88 Å². The van der Waals surface area contributed by atoms with E-state index in [1.54, 1.807) is 13.2 Å². The van der Waals surface area contributed by atoms with Gasteiger partial charge in [0.25, 0.3) is 0 Å². The number of hydrogen-bond donors (Lipinski definition) is 1. The number of methoxy groups -OCH3 is 1. The summed E-state index contributed by atoms with van der Waals surface area (Å²) in [6, 6.07) is 9.12. The van der Waals surface area contributed by atoms with Crippen molar-refractivity contribution in [2.75, 3.05) is 7.11 Å². The fraction of sp³-hybridized carbons (Fsp3) is 0.312. The molecule has 1 N–H and O–H groups in total. The Bertz CT molecular complexity index is 616. The maximum atomic E-state index is 9.33. The maximum absolute atomic E-state index is 9.33. The van der Waals surface area contributed by atoms with Gasteiger partial charge in [0.15, 0.2) is 0 Å². The summed E-state index contributed by atoms with van der Waals surface area (Å²) in [7, 11) is 1.62.